The zero-order valence-corrected chi connectivity index (χ0v) is 25.4. The highest BCUT2D eigenvalue weighted by Crippen LogP contribution is 2.22. The Kier molecular flexibility index (Phi) is 12.1. The lowest BCUT2D eigenvalue weighted by Crippen LogP contribution is -2.57. The van der Waals surface area contributed by atoms with Crippen LogP contribution in [0.2, 0.25) is 0 Å². The fraction of sp³-hybridized carbons (Fsp3) is 0.414. The number of nitro groups is 2. The maximum Gasteiger partial charge on any atom is 0.269 e. The molecule has 7 N–H and O–H groups in total. The number of hydrogen-bond acceptors (Lipinski definition) is 9. The van der Waals surface area contributed by atoms with E-state index in [4.69, 9.17) is 11.5 Å². The second kappa shape index (κ2) is 15.9. The number of carbonyl (C=O) groups is 4. The first-order chi connectivity index (χ1) is 21.8. The molecular formula is C29H37N9O8. The number of nitrogens with two attached hydrogens (primary N) is 2. The number of carbonyl (C=O) groups excluding carboxylic acids is 4. The summed E-state index contributed by atoms with van der Waals surface area (Å²) in [6, 6.07) is 7.16. The lowest BCUT2D eigenvalue weighted by molar-refractivity contribution is -0.385. The van der Waals surface area contributed by atoms with E-state index in [0.29, 0.717) is 19.3 Å². The second-order valence-electron chi connectivity index (χ2n) is 11.0. The molecule has 1 fully saturated rings. The largest absolute Gasteiger partial charge is 0.370 e. The van der Waals surface area contributed by atoms with E-state index >= 15 is 0 Å². The summed E-state index contributed by atoms with van der Waals surface area (Å²) >= 11 is 0. The number of rotatable bonds is 14. The molecule has 246 valence electrons. The fourth-order valence-electron chi connectivity index (χ4n) is 4.89. The van der Waals surface area contributed by atoms with Crippen molar-refractivity contribution in [2.75, 3.05) is 18.4 Å². The first-order valence-corrected chi connectivity index (χ1v) is 14.5. The Hall–Kier alpha value is -5.61. The summed E-state index contributed by atoms with van der Waals surface area (Å²) in [7, 11) is 0. The van der Waals surface area contributed by atoms with Crippen LogP contribution in [0.3, 0.4) is 0 Å². The number of hydrogen-bond donors (Lipinski definition) is 5. The fourth-order valence-corrected chi connectivity index (χ4v) is 4.89. The van der Waals surface area contributed by atoms with Gasteiger partial charge < -0.3 is 32.3 Å². The van der Waals surface area contributed by atoms with Crippen LogP contribution in [0.25, 0.3) is 0 Å². The van der Waals surface area contributed by atoms with Crippen molar-refractivity contribution in [3.63, 3.8) is 0 Å². The number of non-ortho nitro benzene ring substituents is 2. The normalized spacial score (nSPS) is 15.4. The first-order valence-electron chi connectivity index (χ1n) is 14.5. The highest BCUT2D eigenvalue weighted by molar-refractivity contribution is 6.00. The van der Waals surface area contributed by atoms with E-state index in [1.165, 1.54) is 53.4 Å². The molecule has 3 rings (SSSR count). The molecule has 1 saturated heterocycles. The molecule has 0 spiro atoms. The van der Waals surface area contributed by atoms with Gasteiger partial charge in [0, 0.05) is 48.6 Å². The third kappa shape index (κ3) is 9.44. The predicted molar refractivity (Wildman–Crippen MR) is 167 cm³/mol. The first kappa shape index (κ1) is 34.9. The highest BCUT2D eigenvalue weighted by Gasteiger charge is 2.39. The van der Waals surface area contributed by atoms with Crippen LogP contribution in [-0.4, -0.2) is 75.5 Å². The van der Waals surface area contributed by atoms with Crippen molar-refractivity contribution in [2.45, 2.75) is 57.7 Å². The molecule has 3 atom stereocenters. The van der Waals surface area contributed by atoms with Crippen LogP contribution in [0.1, 0.15) is 49.9 Å². The van der Waals surface area contributed by atoms with E-state index < -0.39 is 51.6 Å². The Morgan fingerprint density at radius 3 is 2.09 bits per heavy atom. The molecule has 0 radical (unpaired) electrons. The van der Waals surface area contributed by atoms with Crippen molar-refractivity contribution in [3.05, 3.63) is 74.3 Å². The van der Waals surface area contributed by atoms with Gasteiger partial charge in [0.1, 0.15) is 18.1 Å². The summed E-state index contributed by atoms with van der Waals surface area (Å²) in [5, 5.41) is 30.0. The van der Waals surface area contributed by atoms with Gasteiger partial charge in [0.2, 0.25) is 17.7 Å². The summed E-state index contributed by atoms with van der Waals surface area (Å²) in [5.41, 5.74) is 10.8. The summed E-state index contributed by atoms with van der Waals surface area (Å²) in [4.78, 5) is 79.4. The van der Waals surface area contributed by atoms with E-state index in [1.54, 1.807) is 13.8 Å². The van der Waals surface area contributed by atoms with E-state index in [-0.39, 0.29) is 54.0 Å². The van der Waals surface area contributed by atoms with Gasteiger partial charge in [0.15, 0.2) is 5.96 Å². The smallest absolute Gasteiger partial charge is 0.269 e. The van der Waals surface area contributed by atoms with Crippen LogP contribution >= 0.6 is 0 Å². The second-order valence-corrected chi connectivity index (χ2v) is 11.0. The highest BCUT2D eigenvalue weighted by atomic mass is 16.6. The van der Waals surface area contributed by atoms with Crippen molar-refractivity contribution in [2.24, 2.45) is 22.4 Å². The Bertz CT molecular complexity index is 1470. The molecule has 1 aliphatic rings. The predicted octanol–water partition coefficient (Wildman–Crippen LogP) is 1.43. The molecule has 0 aliphatic carbocycles. The average molecular weight is 640 g/mol. The molecule has 2 aromatic rings. The molecule has 17 heteroatoms. The number of nitrogens with zero attached hydrogens (tertiary/aromatic N) is 4. The van der Waals surface area contributed by atoms with Crippen LogP contribution in [-0.2, 0) is 14.4 Å². The third-order valence-electron chi connectivity index (χ3n) is 7.32. The number of amides is 4. The van der Waals surface area contributed by atoms with Gasteiger partial charge in [0.25, 0.3) is 17.3 Å². The van der Waals surface area contributed by atoms with Gasteiger partial charge >= 0.3 is 0 Å². The molecule has 0 aromatic heterocycles. The molecule has 46 heavy (non-hydrogen) atoms. The molecule has 2 aromatic carbocycles. The number of nitro benzene ring substituents is 2. The number of likely N-dealkylation sites (tertiary alicyclic amines) is 1. The van der Waals surface area contributed by atoms with Gasteiger partial charge in [0.05, 0.1) is 9.85 Å². The molecule has 0 saturated carbocycles. The minimum atomic E-state index is -1.06. The summed E-state index contributed by atoms with van der Waals surface area (Å²) in [6.45, 7) is 3.91. The molecular weight excluding hydrogens is 602 g/mol. The van der Waals surface area contributed by atoms with E-state index in [9.17, 15) is 39.4 Å². The number of aliphatic imine (C=N–C) groups is 1. The number of benzene rings is 2. The SMILES string of the molecule is CC(C)[C@H](NC(=O)c1ccc([N+](=O)[O-])cc1)C(=O)N1CCC[C@H]1C(=O)N[C@@H](CCCN=C(N)N)C(=O)Nc1ccc([N+](=O)[O-])cc1. The number of anilines is 1. The van der Waals surface area contributed by atoms with Crippen molar-refractivity contribution in [1.29, 1.82) is 0 Å². The van der Waals surface area contributed by atoms with E-state index in [2.05, 4.69) is 20.9 Å². The molecule has 1 heterocycles. The van der Waals surface area contributed by atoms with E-state index in [1.807, 2.05) is 0 Å². The standard InChI is InChI=1S/C29H37N9O8/c1-17(2)24(35-25(39)18-7-11-20(12-8-18)37(43)44)28(42)36-16-4-6-23(36)27(41)34-22(5-3-15-32-29(30)31)26(40)33-19-9-13-21(14-10-19)38(45)46/h7-14,17,22-24H,3-6,15-16H2,1-2H3,(H,33,40)(H,34,41)(H,35,39)(H4,30,31,32)/t22-,23-,24-/m0/s1. The van der Waals surface area contributed by atoms with Crippen LogP contribution in [0.5, 0.6) is 0 Å². The minimum absolute atomic E-state index is 0.127. The third-order valence-corrected chi connectivity index (χ3v) is 7.32. The van der Waals surface area contributed by atoms with Gasteiger partial charge in [-0.2, -0.15) is 0 Å². The summed E-state index contributed by atoms with van der Waals surface area (Å²) in [5.74, 6) is -2.74. The average Bonchev–Trinajstić information content (AvgIpc) is 3.51. The molecule has 4 amide bonds. The van der Waals surface area contributed by atoms with E-state index in [0.717, 1.165) is 0 Å². The zero-order valence-electron chi connectivity index (χ0n) is 25.4. The number of nitrogens with one attached hydrogen (secondary N) is 3. The lowest BCUT2D eigenvalue weighted by atomic mass is 10.0. The monoisotopic (exact) mass is 639 g/mol. The van der Waals surface area contributed by atoms with Gasteiger partial charge in [-0.25, -0.2) is 0 Å². The van der Waals surface area contributed by atoms with Crippen LogP contribution in [0, 0.1) is 26.1 Å². The van der Waals surface area contributed by atoms with Crippen molar-refractivity contribution < 1.29 is 29.0 Å². The topological polar surface area (TPSA) is 258 Å². The summed E-state index contributed by atoms with van der Waals surface area (Å²) in [6.07, 6.45) is 1.30. The van der Waals surface area contributed by atoms with Crippen molar-refractivity contribution >= 4 is 46.7 Å². The maximum atomic E-state index is 13.7. The van der Waals surface area contributed by atoms with Gasteiger partial charge in [-0.1, -0.05) is 13.8 Å². The molecule has 1 aliphatic heterocycles. The Morgan fingerprint density at radius 1 is 0.957 bits per heavy atom. The van der Waals surface area contributed by atoms with Gasteiger partial charge in [-0.3, -0.25) is 44.4 Å². The lowest BCUT2D eigenvalue weighted by Gasteiger charge is -2.31. The molecule has 0 bridgehead atoms. The van der Waals surface area contributed by atoms with Crippen molar-refractivity contribution in [1.82, 2.24) is 15.5 Å². The molecule has 0 unspecified atom stereocenters. The zero-order chi connectivity index (χ0) is 34.0. The van der Waals surface area contributed by atoms with Crippen molar-refractivity contribution in [3.8, 4) is 0 Å². The Balaban J connectivity index is 1.73. The van der Waals surface area contributed by atoms with Crippen LogP contribution < -0.4 is 27.4 Å². The number of guanidine groups is 1. The van der Waals surface area contributed by atoms with Gasteiger partial charge in [-0.05, 0) is 55.9 Å². The minimum Gasteiger partial charge on any atom is -0.370 e. The van der Waals surface area contributed by atoms with Gasteiger partial charge in [-0.15, -0.1) is 0 Å². The van der Waals surface area contributed by atoms with Crippen LogP contribution in [0.4, 0.5) is 17.1 Å². The Morgan fingerprint density at radius 2 is 1.54 bits per heavy atom. The quantitative estimate of drug-likeness (QED) is 0.0653. The summed E-state index contributed by atoms with van der Waals surface area (Å²) < 4.78 is 0. The maximum absolute atomic E-state index is 13.7. The Labute approximate surface area is 264 Å². The van der Waals surface area contributed by atoms with Crippen LogP contribution in [0.15, 0.2) is 53.5 Å². The molecule has 17 nitrogen and oxygen atoms in total.